The zero-order valence-corrected chi connectivity index (χ0v) is 15.0. The molecule has 0 bridgehead atoms. The Morgan fingerprint density at radius 3 is 2.73 bits per heavy atom. The summed E-state index contributed by atoms with van der Waals surface area (Å²) in [6, 6.07) is 1.84. The summed E-state index contributed by atoms with van der Waals surface area (Å²) in [7, 11) is 1.50. The summed E-state index contributed by atoms with van der Waals surface area (Å²) in [5, 5.41) is 6.27. The maximum Gasteiger partial charge on any atom is 0.246 e. The second-order valence-electron chi connectivity index (χ2n) is 7.24. The average Bonchev–Trinajstić information content (AvgIpc) is 3.36. The minimum atomic E-state index is -0.161. The predicted molar refractivity (Wildman–Crippen MR) is 93.9 cm³/mol. The molecule has 2 N–H and O–H groups in total. The van der Waals surface area contributed by atoms with Gasteiger partial charge in [0.1, 0.15) is 18.8 Å². The first-order chi connectivity index (χ1) is 12.7. The number of methoxy groups -OCH3 is 1. The number of nitrogens with zero attached hydrogens (tertiary/aromatic N) is 2. The first kappa shape index (κ1) is 17.6. The van der Waals surface area contributed by atoms with Crippen LogP contribution in [-0.4, -0.2) is 67.1 Å². The first-order valence-electron chi connectivity index (χ1n) is 9.35. The number of ether oxygens (including phenoxy) is 3. The molecule has 0 radical (unpaired) electrons. The highest BCUT2D eigenvalue weighted by Gasteiger charge is 2.48. The van der Waals surface area contributed by atoms with E-state index in [4.69, 9.17) is 19.2 Å². The minimum absolute atomic E-state index is 0.0249. The van der Waals surface area contributed by atoms with E-state index >= 15 is 0 Å². The van der Waals surface area contributed by atoms with Gasteiger partial charge in [-0.3, -0.25) is 4.79 Å². The van der Waals surface area contributed by atoms with Crippen molar-refractivity contribution in [2.75, 3.05) is 32.2 Å². The van der Waals surface area contributed by atoms with E-state index in [1.165, 1.54) is 32.8 Å². The van der Waals surface area contributed by atoms with Crippen LogP contribution < -0.4 is 10.6 Å². The maximum absolute atomic E-state index is 11.7. The molecule has 1 aromatic heterocycles. The molecule has 2 aliphatic heterocycles. The van der Waals surface area contributed by atoms with Crippen molar-refractivity contribution in [2.45, 2.75) is 55.9 Å². The van der Waals surface area contributed by atoms with Crippen LogP contribution in [0.4, 0.5) is 5.95 Å². The third-order valence-electron chi connectivity index (χ3n) is 5.44. The lowest BCUT2D eigenvalue weighted by Gasteiger charge is -2.19. The zero-order chi connectivity index (χ0) is 17.9. The van der Waals surface area contributed by atoms with Crippen molar-refractivity contribution in [1.82, 2.24) is 15.3 Å². The fourth-order valence-corrected chi connectivity index (χ4v) is 4.18. The smallest absolute Gasteiger partial charge is 0.246 e. The SMILES string of the molecule is COCC(=O)NC1COC2C(Nc3nccc(C4CCCC4)n3)COC12. The van der Waals surface area contributed by atoms with Crippen LogP contribution in [0.25, 0.3) is 0 Å². The molecule has 1 saturated carbocycles. The van der Waals surface area contributed by atoms with Gasteiger partial charge in [0.15, 0.2) is 0 Å². The van der Waals surface area contributed by atoms with Gasteiger partial charge in [-0.2, -0.15) is 0 Å². The van der Waals surface area contributed by atoms with Crippen molar-refractivity contribution in [3.05, 3.63) is 18.0 Å². The number of amides is 1. The van der Waals surface area contributed by atoms with E-state index in [1.807, 2.05) is 12.3 Å². The lowest BCUT2D eigenvalue weighted by molar-refractivity contribution is -0.126. The fourth-order valence-electron chi connectivity index (χ4n) is 4.18. The number of hydrogen-bond donors (Lipinski definition) is 2. The van der Waals surface area contributed by atoms with Crippen molar-refractivity contribution in [3.63, 3.8) is 0 Å². The van der Waals surface area contributed by atoms with Crippen molar-refractivity contribution in [3.8, 4) is 0 Å². The number of rotatable bonds is 6. The molecule has 2 saturated heterocycles. The highest BCUT2D eigenvalue weighted by molar-refractivity contribution is 5.77. The second-order valence-corrected chi connectivity index (χ2v) is 7.24. The summed E-state index contributed by atoms with van der Waals surface area (Å²) in [5.41, 5.74) is 1.12. The van der Waals surface area contributed by atoms with Gasteiger partial charge < -0.3 is 24.8 Å². The Morgan fingerprint density at radius 1 is 1.23 bits per heavy atom. The van der Waals surface area contributed by atoms with E-state index in [1.54, 1.807) is 0 Å². The van der Waals surface area contributed by atoms with Crippen LogP contribution in [0.1, 0.15) is 37.3 Å². The highest BCUT2D eigenvalue weighted by atomic mass is 16.6. The average molecular weight is 362 g/mol. The van der Waals surface area contributed by atoms with Crippen molar-refractivity contribution in [1.29, 1.82) is 0 Å². The van der Waals surface area contributed by atoms with E-state index in [-0.39, 0.29) is 36.8 Å². The van der Waals surface area contributed by atoms with Crippen molar-refractivity contribution in [2.24, 2.45) is 0 Å². The van der Waals surface area contributed by atoms with Gasteiger partial charge in [-0.15, -0.1) is 0 Å². The molecular formula is C18H26N4O4. The monoisotopic (exact) mass is 362 g/mol. The van der Waals surface area contributed by atoms with Crippen LogP contribution in [0.3, 0.4) is 0 Å². The summed E-state index contributed by atoms with van der Waals surface area (Å²) in [6.45, 7) is 0.978. The minimum Gasteiger partial charge on any atom is -0.375 e. The quantitative estimate of drug-likeness (QED) is 0.774. The van der Waals surface area contributed by atoms with E-state index in [2.05, 4.69) is 15.6 Å². The van der Waals surface area contributed by atoms with Gasteiger partial charge in [0.05, 0.1) is 25.3 Å². The number of fused-ring (bicyclic) bond motifs is 1. The lowest BCUT2D eigenvalue weighted by Crippen LogP contribution is -2.45. The van der Waals surface area contributed by atoms with E-state index in [0.717, 1.165) is 5.69 Å². The molecule has 4 rings (SSSR count). The summed E-state index contributed by atoms with van der Waals surface area (Å²) in [6.07, 6.45) is 6.51. The fraction of sp³-hybridized carbons (Fsp3) is 0.722. The maximum atomic E-state index is 11.7. The Kier molecular flexibility index (Phi) is 5.33. The molecule has 1 aliphatic carbocycles. The van der Waals surface area contributed by atoms with Gasteiger partial charge in [-0.25, -0.2) is 9.97 Å². The van der Waals surface area contributed by atoms with Crippen LogP contribution in [0.2, 0.25) is 0 Å². The second kappa shape index (κ2) is 7.85. The Bertz CT molecular complexity index is 637. The zero-order valence-electron chi connectivity index (χ0n) is 15.0. The molecular weight excluding hydrogens is 336 g/mol. The molecule has 142 valence electrons. The summed E-state index contributed by atoms with van der Waals surface area (Å²) in [4.78, 5) is 20.8. The molecule has 8 heteroatoms. The third kappa shape index (κ3) is 3.67. The molecule has 0 aromatic carbocycles. The predicted octanol–water partition coefficient (Wildman–Crippen LogP) is 0.844. The Morgan fingerprint density at radius 2 is 1.96 bits per heavy atom. The molecule has 0 spiro atoms. The van der Waals surface area contributed by atoms with Gasteiger partial charge in [-0.05, 0) is 18.9 Å². The van der Waals surface area contributed by atoms with E-state index < -0.39 is 0 Å². The Hall–Kier alpha value is -1.77. The summed E-state index contributed by atoms with van der Waals surface area (Å²) in [5.74, 6) is 1.02. The highest BCUT2D eigenvalue weighted by Crippen LogP contribution is 2.33. The van der Waals surface area contributed by atoms with Crippen molar-refractivity contribution < 1.29 is 19.0 Å². The molecule has 26 heavy (non-hydrogen) atoms. The third-order valence-corrected chi connectivity index (χ3v) is 5.44. The van der Waals surface area contributed by atoms with Gasteiger partial charge in [0, 0.05) is 24.9 Å². The van der Waals surface area contributed by atoms with Gasteiger partial charge in [0.2, 0.25) is 11.9 Å². The van der Waals surface area contributed by atoms with E-state index in [0.29, 0.717) is 25.1 Å². The normalized spacial score (nSPS) is 31.1. The molecule has 3 heterocycles. The van der Waals surface area contributed by atoms with Gasteiger partial charge >= 0.3 is 0 Å². The van der Waals surface area contributed by atoms with Crippen molar-refractivity contribution >= 4 is 11.9 Å². The van der Waals surface area contributed by atoms with Crippen LogP contribution >= 0.6 is 0 Å². The molecule has 3 fully saturated rings. The topological polar surface area (TPSA) is 94.6 Å². The molecule has 3 aliphatic rings. The van der Waals surface area contributed by atoms with E-state index in [9.17, 15) is 4.79 Å². The number of aromatic nitrogens is 2. The lowest BCUT2D eigenvalue weighted by atomic mass is 10.0. The van der Waals surface area contributed by atoms with Crippen LogP contribution in [0, 0.1) is 0 Å². The van der Waals surface area contributed by atoms with Gasteiger partial charge in [-0.1, -0.05) is 12.8 Å². The number of hydrogen-bond acceptors (Lipinski definition) is 7. The van der Waals surface area contributed by atoms with Crippen LogP contribution in [0.5, 0.6) is 0 Å². The summed E-state index contributed by atoms with van der Waals surface area (Å²) < 4.78 is 16.6. The molecule has 4 atom stereocenters. The van der Waals surface area contributed by atoms with Crippen LogP contribution in [-0.2, 0) is 19.0 Å². The van der Waals surface area contributed by atoms with Gasteiger partial charge in [0.25, 0.3) is 0 Å². The Balaban J connectivity index is 1.37. The standard InChI is InChI=1S/C18H26N4O4/c1-24-10-15(23)20-13-8-25-17-14(9-26-16(13)17)22-18-19-7-6-12(21-18)11-4-2-3-5-11/h6-7,11,13-14,16-17H,2-5,8-10H2,1H3,(H,20,23)(H,19,21,22). The number of carbonyl (C=O) groups is 1. The van der Waals surface area contributed by atoms with Crippen LogP contribution in [0.15, 0.2) is 12.3 Å². The molecule has 1 aromatic rings. The number of anilines is 1. The Labute approximate surface area is 153 Å². The molecule has 1 amide bonds. The molecule has 4 unspecified atom stereocenters. The largest absolute Gasteiger partial charge is 0.375 e. The summed E-state index contributed by atoms with van der Waals surface area (Å²) >= 11 is 0. The first-order valence-corrected chi connectivity index (χ1v) is 9.35. The molecule has 8 nitrogen and oxygen atoms in total. The number of carbonyl (C=O) groups excluding carboxylic acids is 1. The number of nitrogens with one attached hydrogen (secondary N) is 2.